The van der Waals surface area contributed by atoms with Crippen LogP contribution in [0.25, 0.3) is 0 Å². The minimum Gasteiger partial charge on any atom is -0.300 e. The zero-order valence-electron chi connectivity index (χ0n) is 9.10. The Hall–Kier alpha value is -0.620. The molecule has 0 heterocycles. The summed E-state index contributed by atoms with van der Waals surface area (Å²) >= 11 is 0. The minimum atomic E-state index is -3.49. The molecule has 15 heavy (non-hydrogen) atoms. The first-order valence-corrected chi connectivity index (χ1v) is 6.74. The first-order chi connectivity index (χ1) is 6.95. The van der Waals surface area contributed by atoms with Gasteiger partial charge in [-0.3, -0.25) is 4.89 Å². The van der Waals surface area contributed by atoms with Gasteiger partial charge in [-0.2, -0.15) is 5.26 Å². The fourth-order valence-electron chi connectivity index (χ4n) is 1.13. The van der Waals surface area contributed by atoms with E-state index in [9.17, 15) is 13.2 Å². The molecule has 0 aliphatic heterocycles. The molecule has 1 unspecified atom stereocenters. The molecule has 0 aliphatic rings. The Kier molecular flexibility index (Phi) is 6.51. The van der Waals surface area contributed by atoms with Crippen LogP contribution in [-0.2, 0) is 19.5 Å². The molecular weight excluding hydrogens is 220 g/mol. The molecule has 0 fully saturated rings. The van der Waals surface area contributed by atoms with E-state index in [1.54, 1.807) is 0 Å². The Balaban J connectivity index is 4.12. The molecule has 0 amide bonds. The lowest BCUT2D eigenvalue weighted by Crippen LogP contribution is -2.30. The Bertz CT molecular complexity index is 283. The van der Waals surface area contributed by atoms with Crippen molar-refractivity contribution in [1.82, 2.24) is 0 Å². The Morgan fingerprint density at radius 2 is 1.93 bits per heavy atom. The molecule has 0 aromatic heterocycles. The van der Waals surface area contributed by atoms with Crippen molar-refractivity contribution in [3.63, 3.8) is 0 Å². The fraction of sp³-hybridized carbons (Fsp3) is 0.889. The van der Waals surface area contributed by atoms with Crippen molar-refractivity contribution in [2.24, 2.45) is 0 Å². The van der Waals surface area contributed by atoms with Crippen LogP contribution in [-0.4, -0.2) is 30.6 Å². The van der Waals surface area contributed by atoms with E-state index >= 15 is 0 Å². The topological polar surface area (TPSA) is 80.7 Å². The van der Waals surface area contributed by atoms with E-state index in [4.69, 9.17) is 5.26 Å². The molecule has 0 rings (SSSR count). The summed E-state index contributed by atoms with van der Waals surface area (Å²) in [4.78, 5) is 14.2. The lowest BCUT2D eigenvalue weighted by atomic mass is 10.2. The average Bonchev–Trinajstić information content (AvgIpc) is 2.22. The molecule has 0 saturated heterocycles. The second-order valence-electron chi connectivity index (χ2n) is 3.48. The molecule has 0 aromatic carbocycles. The SMILES string of the molecule is CCCCCCS(=O)(=O)C(C)C(=O)OO. The van der Waals surface area contributed by atoms with Crippen LogP contribution in [0, 0.1) is 0 Å². The Labute approximate surface area is 90.3 Å². The van der Waals surface area contributed by atoms with Gasteiger partial charge in [0.15, 0.2) is 15.1 Å². The summed E-state index contributed by atoms with van der Waals surface area (Å²) < 4.78 is 23.0. The fourth-order valence-corrected chi connectivity index (χ4v) is 2.42. The van der Waals surface area contributed by atoms with E-state index in [0.717, 1.165) is 19.3 Å². The van der Waals surface area contributed by atoms with Gasteiger partial charge in [-0.15, -0.1) is 0 Å². The maximum absolute atomic E-state index is 11.5. The number of carbonyl (C=O) groups excluding carboxylic acids is 1. The summed E-state index contributed by atoms with van der Waals surface area (Å²) in [7, 11) is -3.49. The van der Waals surface area contributed by atoms with Crippen LogP contribution in [0.2, 0.25) is 0 Å². The predicted octanol–water partition coefficient (Wildman–Crippen LogP) is 1.39. The highest BCUT2D eigenvalue weighted by Crippen LogP contribution is 2.08. The Morgan fingerprint density at radius 3 is 2.40 bits per heavy atom. The van der Waals surface area contributed by atoms with Crippen LogP contribution in [0.1, 0.15) is 39.5 Å². The van der Waals surface area contributed by atoms with Crippen molar-refractivity contribution in [1.29, 1.82) is 0 Å². The van der Waals surface area contributed by atoms with Crippen LogP contribution < -0.4 is 0 Å². The van der Waals surface area contributed by atoms with Gasteiger partial charge < -0.3 is 0 Å². The summed E-state index contributed by atoms with van der Waals surface area (Å²) in [6.45, 7) is 3.24. The molecule has 1 N–H and O–H groups in total. The monoisotopic (exact) mass is 238 g/mol. The smallest absolute Gasteiger partial charge is 0.300 e. The molecule has 0 saturated carbocycles. The lowest BCUT2D eigenvalue weighted by molar-refractivity contribution is -0.233. The summed E-state index contributed by atoms with van der Waals surface area (Å²) in [5, 5.41) is 6.78. The van der Waals surface area contributed by atoms with Crippen LogP contribution in [0.3, 0.4) is 0 Å². The molecule has 0 radical (unpaired) electrons. The van der Waals surface area contributed by atoms with Crippen molar-refractivity contribution in [3.05, 3.63) is 0 Å². The normalized spacial score (nSPS) is 13.5. The standard InChI is InChI=1S/C9H18O5S/c1-3-4-5-6-7-15(12,13)8(2)9(10)14-11/h8,11H,3-7H2,1-2H3. The zero-order valence-corrected chi connectivity index (χ0v) is 9.92. The molecule has 6 heteroatoms. The molecule has 0 aliphatic carbocycles. The third-order valence-corrected chi connectivity index (χ3v) is 4.37. The maximum Gasteiger partial charge on any atom is 0.359 e. The van der Waals surface area contributed by atoms with E-state index in [2.05, 4.69) is 4.89 Å². The number of unbranched alkanes of at least 4 members (excludes halogenated alkanes) is 3. The van der Waals surface area contributed by atoms with Gasteiger partial charge in [0.2, 0.25) is 0 Å². The van der Waals surface area contributed by atoms with E-state index in [0.29, 0.717) is 6.42 Å². The molecule has 0 bridgehead atoms. The average molecular weight is 238 g/mol. The maximum atomic E-state index is 11.5. The van der Waals surface area contributed by atoms with Crippen molar-refractivity contribution in [2.75, 3.05) is 5.75 Å². The number of carbonyl (C=O) groups is 1. The Morgan fingerprint density at radius 1 is 1.33 bits per heavy atom. The van der Waals surface area contributed by atoms with Gasteiger partial charge in [-0.05, 0) is 13.3 Å². The highest BCUT2D eigenvalue weighted by molar-refractivity contribution is 7.92. The zero-order chi connectivity index (χ0) is 11.9. The van der Waals surface area contributed by atoms with Crippen LogP contribution in [0.4, 0.5) is 0 Å². The molecule has 0 spiro atoms. The predicted molar refractivity (Wildman–Crippen MR) is 56.1 cm³/mol. The summed E-state index contributed by atoms with van der Waals surface area (Å²) in [6.07, 6.45) is 3.37. The quantitative estimate of drug-likeness (QED) is 0.412. The number of rotatable bonds is 7. The van der Waals surface area contributed by atoms with Crippen molar-refractivity contribution >= 4 is 15.8 Å². The second-order valence-corrected chi connectivity index (χ2v) is 5.92. The number of hydrogen-bond donors (Lipinski definition) is 1. The largest absolute Gasteiger partial charge is 0.359 e. The number of hydrogen-bond acceptors (Lipinski definition) is 5. The van der Waals surface area contributed by atoms with E-state index in [-0.39, 0.29) is 5.75 Å². The van der Waals surface area contributed by atoms with Crippen LogP contribution in [0.5, 0.6) is 0 Å². The first kappa shape index (κ1) is 14.4. The van der Waals surface area contributed by atoms with Crippen molar-refractivity contribution < 1.29 is 23.4 Å². The van der Waals surface area contributed by atoms with E-state index in [1.807, 2.05) is 6.92 Å². The molecule has 5 nitrogen and oxygen atoms in total. The summed E-state index contributed by atoms with van der Waals surface area (Å²) in [5.74, 6) is -1.16. The van der Waals surface area contributed by atoms with Gasteiger partial charge in [0.1, 0.15) is 0 Å². The number of sulfone groups is 1. The molecule has 0 aromatic rings. The van der Waals surface area contributed by atoms with Gasteiger partial charge in [0.25, 0.3) is 0 Å². The molecular formula is C9H18O5S. The van der Waals surface area contributed by atoms with E-state index < -0.39 is 21.1 Å². The molecule has 90 valence electrons. The van der Waals surface area contributed by atoms with Crippen molar-refractivity contribution in [2.45, 2.75) is 44.8 Å². The second kappa shape index (κ2) is 6.79. The van der Waals surface area contributed by atoms with E-state index in [1.165, 1.54) is 6.92 Å². The van der Waals surface area contributed by atoms with Gasteiger partial charge >= 0.3 is 5.97 Å². The first-order valence-electron chi connectivity index (χ1n) is 5.02. The van der Waals surface area contributed by atoms with Gasteiger partial charge in [-0.25, -0.2) is 13.2 Å². The van der Waals surface area contributed by atoms with Gasteiger partial charge in [0, 0.05) is 0 Å². The summed E-state index contributed by atoms with van der Waals surface area (Å²) in [5.41, 5.74) is 0. The lowest BCUT2D eigenvalue weighted by Gasteiger charge is -2.08. The van der Waals surface area contributed by atoms with Gasteiger partial charge in [0.05, 0.1) is 5.75 Å². The van der Waals surface area contributed by atoms with Gasteiger partial charge in [-0.1, -0.05) is 26.2 Å². The highest BCUT2D eigenvalue weighted by atomic mass is 32.2. The molecule has 1 atom stereocenters. The minimum absolute atomic E-state index is 0.0384. The third kappa shape index (κ3) is 5.13. The highest BCUT2D eigenvalue weighted by Gasteiger charge is 2.29. The third-order valence-electron chi connectivity index (χ3n) is 2.24. The summed E-state index contributed by atoms with van der Waals surface area (Å²) in [6, 6.07) is 0. The van der Waals surface area contributed by atoms with Crippen molar-refractivity contribution in [3.8, 4) is 0 Å². The van der Waals surface area contributed by atoms with Crippen LogP contribution >= 0.6 is 0 Å². The van der Waals surface area contributed by atoms with Crippen LogP contribution in [0.15, 0.2) is 0 Å².